The molecule has 4 rings (SSSR count). The number of hydrogen-bond donors (Lipinski definition) is 1. The fourth-order valence-electron chi connectivity index (χ4n) is 2.97. The molecule has 3 heterocycles. The van der Waals surface area contributed by atoms with Gasteiger partial charge in [-0.1, -0.05) is 15.9 Å². The van der Waals surface area contributed by atoms with E-state index in [-0.39, 0.29) is 30.7 Å². The molecule has 1 fully saturated rings. The third-order valence-electron chi connectivity index (χ3n) is 4.31. The summed E-state index contributed by atoms with van der Waals surface area (Å²) < 4.78 is 7.85. The molecule has 1 saturated heterocycles. The van der Waals surface area contributed by atoms with Gasteiger partial charge in [0.05, 0.1) is 31.4 Å². The lowest BCUT2D eigenvalue weighted by Gasteiger charge is -2.10. The molecule has 0 atom stereocenters. The van der Waals surface area contributed by atoms with Crippen molar-refractivity contribution in [2.45, 2.75) is 0 Å². The first-order valence-corrected chi connectivity index (χ1v) is 9.26. The van der Waals surface area contributed by atoms with Gasteiger partial charge in [-0.2, -0.15) is 5.10 Å². The van der Waals surface area contributed by atoms with Crippen molar-refractivity contribution in [2.75, 3.05) is 20.3 Å². The normalized spacial score (nSPS) is 13.5. The molecule has 0 spiro atoms. The van der Waals surface area contributed by atoms with Crippen molar-refractivity contribution < 1.29 is 14.3 Å². The van der Waals surface area contributed by atoms with Crippen molar-refractivity contribution in [1.29, 1.82) is 0 Å². The molecule has 0 aliphatic carbocycles. The summed E-state index contributed by atoms with van der Waals surface area (Å²) >= 11 is 3.49. The van der Waals surface area contributed by atoms with Crippen LogP contribution in [0.5, 0.6) is 5.75 Å². The SMILES string of the molecule is COc1cc(Br)cc(-c2cc(C(=O)N3CNC(=O)C3)nn2-c2cccnc2)c1. The van der Waals surface area contributed by atoms with Crippen LogP contribution >= 0.6 is 15.9 Å². The van der Waals surface area contributed by atoms with E-state index < -0.39 is 0 Å². The minimum atomic E-state index is -0.316. The first kappa shape index (κ1) is 18.2. The lowest BCUT2D eigenvalue weighted by atomic mass is 10.1. The van der Waals surface area contributed by atoms with Gasteiger partial charge >= 0.3 is 0 Å². The second-order valence-electron chi connectivity index (χ2n) is 6.18. The Kier molecular flexibility index (Phi) is 4.82. The summed E-state index contributed by atoms with van der Waals surface area (Å²) in [7, 11) is 1.59. The second kappa shape index (κ2) is 7.43. The van der Waals surface area contributed by atoms with Gasteiger partial charge in [-0.05, 0) is 36.4 Å². The minimum Gasteiger partial charge on any atom is -0.497 e. The van der Waals surface area contributed by atoms with Crippen molar-refractivity contribution in [3.05, 3.63) is 59.0 Å². The summed E-state index contributed by atoms with van der Waals surface area (Å²) in [6, 6.07) is 11.0. The van der Waals surface area contributed by atoms with Crippen molar-refractivity contribution in [3.8, 4) is 22.7 Å². The zero-order valence-electron chi connectivity index (χ0n) is 14.9. The standard InChI is InChI=1S/C19H16BrN5O3/c1-28-15-6-12(5-13(20)7-15)17-8-16(19(27)24-10-18(26)22-11-24)23-25(17)14-3-2-4-21-9-14/h2-9H,10-11H2,1H3,(H,22,26). The van der Waals surface area contributed by atoms with Crippen LogP contribution in [0, 0.1) is 0 Å². The molecule has 8 nitrogen and oxygen atoms in total. The fourth-order valence-corrected chi connectivity index (χ4v) is 3.44. The van der Waals surface area contributed by atoms with Gasteiger partial charge in [-0.25, -0.2) is 4.68 Å². The average Bonchev–Trinajstić information content (AvgIpc) is 3.34. The number of methoxy groups -OCH3 is 1. The molecule has 0 unspecified atom stereocenters. The van der Waals surface area contributed by atoms with Gasteiger partial charge in [0.2, 0.25) is 5.91 Å². The number of ether oxygens (including phenoxy) is 1. The predicted molar refractivity (Wildman–Crippen MR) is 105 cm³/mol. The second-order valence-corrected chi connectivity index (χ2v) is 7.09. The Morgan fingerprint density at radius 1 is 1.29 bits per heavy atom. The highest BCUT2D eigenvalue weighted by Crippen LogP contribution is 2.31. The Hall–Kier alpha value is -3.20. The maximum atomic E-state index is 12.8. The van der Waals surface area contributed by atoms with E-state index in [1.807, 2.05) is 24.3 Å². The monoisotopic (exact) mass is 441 g/mol. The van der Waals surface area contributed by atoms with Crippen molar-refractivity contribution >= 4 is 27.7 Å². The van der Waals surface area contributed by atoms with E-state index in [1.54, 1.807) is 36.3 Å². The highest BCUT2D eigenvalue weighted by molar-refractivity contribution is 9.10. The first-order chi connectivity index (χ1) is 13.5. The Morgan fingerprint density at radius 3 is 2.82 bits per heavy atom. The fraction of sp³-hybridized carbons (Fsp3) is 0.158. The Morgan fingerprint density at radius 2 is 2.14 bits per heavy atom. The van der Waals surface area contributed by atoms with Crippen molar-refractivity contribution in [1.82, 2.24) is 25.0 Å². The van der Waals surface area contributed by atoms with Crippen LogP contribution in [0.25, 0.3) is 16.9 Å². The molecule has 1 N–H and O–H groups in total. The predicted octanol–water partition coefficient (Wildman–Crippen LogP) is 2.23. The molecule has 2 amide bonds. The van der Waals surface area contributed by atoms with Crippen LogP contribution in [0.15, 0.2) is 53.3 Å². The van der Waals surface area contributed by atoms with Crippen LogP contribution < -0.4 is 10.1 Å². The molecule has 1 aliphatic rings. The molecule has 0 bridgehead atoms. The largest absolute Gasteiger partial charge is 0.497 e. The van der Waals surface area contributed by atoms with E-state index in [1.165, 1.54) is 4.90 Å². The van der Waals surface area contributed by atoms with Crippen molar-refractivity contribution in [2.24, 2.45) is 0 Å². The molecule has 2 aromatic heterocycles. The van der Waals surface area contributed by atoms with Gasteiger partial charge < -0.3 is 15.0 Å². The molecule has 0 radical (unpaired) electrons. The topological polar surface area (TPSA) is 89.4 Å². The van der Waals surface area contributed by atoms with Crippen LogP contribution in [0.1, 0.15) is 10.5 Å². The summed E-state index contributed by atoms with van der Waals surface area (Å²) in [4.78, 5) is 29.8. The minimum absolute atomic E-state index is 0.0264. The van der Waals surface area contributed by atoms with Crippen LogP contribution in [0.4, 0.5) is 0 Å². The number of hydrogen-bond acceptors (Lipinski definition) is 5. The Bertz CT molecular complexity index is 1050. The summed E-state index contributed by atoms with van der Waals surface area (Å²) in [6.45, 7) is 0.204. The van der Waals surface area contributed by atoms with E-state index >= 15 is 0 Å². The molecular weight excluding hydrogens is 426 g/mol. The van der Waals surface area contributed by atoms with Crippen LogP contribution in [0.3, 0.4) is 0 Å². The maximum Gasteiger partial charge on any atom is 0.276 e. The lowest BCUT2D eigenvalue weighted by molar-refractivity contribution is -0.118. The van der Waals surface area contributed by atoms with Crippen LogP contribution in [0.2, 0.25) is 0 Å². The van der Waals surface area contributed by atoms with Gasteiger partial charge in [0, 0.05) is 16.2 Å². The highest BCUT2D eigenvalue weighted by atomic mass is 79.9. The molecule has 9 heteroatoms. The van der Waals surface area contributed by atoms with E-state index in [0.29, 0.717) is 17.1 Å². The summed E-state index contributed by atoms with van der Waals surface area (Å²) in [5.41, 5.74) is 2.48. The molecule has 3 aromatic rings. The summed E-state index contributed by atoms with van der Waals surface area (Å²) in [6.07, 6.45) is 3.34. The van der Waals surface area contributed by atoms with Gasteiger partial charge in [0.15, 0.2) is 5.69 Å². The molecule has 1 aliphatic heterocycles. The number of carbonyl (C=O) groups is 2. The van der Waals surface area contributed by atoms with Crippen LogP contribution in [-0.2, 0) is 4.79 Å². The average molecular weight is 442 g/mol. The molecular formula is C19H16BrN5O3. The highest BCUT2D eigenvalue weighted by Gasteiger charge is 2.27. The van der Waals surface area contributed by atoms with Crippen molar-refractivity contribution in [3.63, 3.8) is 0 Å². The molecule has 1 aromatic carbocycles. The number of amides is 2. The molecule has 142 valence electrons. The zero-order valence-corrected chi connectivity index (χ0v) is 16.5. The number of pyridine rings is 1. The molecule has 0 saturated carbocycles. The Balaban J connectivity index is 1.82. The smallest absolute Gasteiger partial charge is 0.276 e. The summed E-state index contributed by atoms with van der Waals surface area (Å²) in [5.74, 6) is 0.173. The number of nitrogens with one attached hydrogen (secondary N) is 1. The first-order valence-electron chi connectivity index (χ1n) is 8.46. The zero-order chi connectivity index (χ0) is 19.7. The number of benzene rings is 1. The lowest BCUT2D eigenvalue weighted by Crippen LogP contribution is -2.30. The van der Waals surface area contributed by atoms with Crippen LogP contribution in [-0.4, -0.2) is 51.8 Å². The number of carbonyl (C=O) groups excluding carboxylic acids is 2. The number of aromatic nitrogens is 3. The number of rotatable bonds is 4. The van der Waals surface area contributed by atoms with E-state index in [9.17, 15) is 9.59 Å². The quantitative estimate of drug-likeness (QED) is 0.670. The van der Waals surface area contributed by atoms with Gasteiger partial charge in [0.25, 0.3) is 5.91 Å². The number of halogens is 1. The molecule has 28 heavy (non-hydrogen) atoms. The van der Waals surface area contributed by atoms with Gasteiger partial charge in [-0.15, -0.1) is 0 Å². The maximum absolute atomic E-state index is 12.8. The summed E-state index contributed by atoms with van der Waals surface area (Å²) in [5, 5.41) is 7.13. The number of nitrogens with zero attached hydrogens (tertiary/aromatic N) is 4. The van der Waals surface area contributed by atoms with E-state index in [2.05, 4.69) is 31.3 Å². The van der Waals surface area contributed by atoms with Gasteiger partial charge in [-0.3, -0.25) is 14.6 Å². The third kappa shape index (κ3) is 3.48. The Labute approximate surface area is 169 Å². The van der Waals surface area contributed by atoms with E-state index in [4.69, 9.17) is 4.74 Å². The van der Waals surface area contributed by atoms with Gasteiger partial charge in [0.1, 0.15) is 12.3 Å². The van der Waals surface area contributed by atoms with E-state index in [0.717, 1.165) is 10.0 Å². The third-order valence-corrected chi connectivity index (χ3v) is 4.77.